The lowest BCUT2D eigenvalue weighted by molar-refractivity contribution is -0.271. The summed E-state index contributed by atoms with van der Waals surface area (Å²) < 4.78 is 31.0. The fourth-order valence-electron chi connectivity index (χ4n) is 6.57. The predicted molar refractivity (Wildman–Crippen MR) is 122 cm³/mol. The van der Waals surface area contributed by atoms with E-state index in [9.17, 15) is 0 Å². The minimum atomic E-state index is -0.381. The smallest absolute Gasteiger partial charge is 0.176 e. The van der Waals surface area contributed by atoms with Crippen LogP contribution in [0.15, 0.2) is 22.7 Å². The number of nitrogens with zero attached hydrogens (tertiary/aromatic N) is 1. The fraction of sp³-hybridized carbons (Fsp3) is 0.667. The number of benzene rings is 1. The SMILES string of the molecule is Cc1cccc(C)c1OCc1noc(C2CC2)c1COC1CC2CCC(C)(C1)C21OCCO1. The van der Waals surface area contributed by atoms with Crippen molar-refractivity contribution in [1.29, 1.82) is 0 Å². The maximum absolute atomic E-state index is 6.57. The number of para-hydroxylation sites is 1. The molecule has 6 nitrogen and oxygen atoms in total. The fourth-order valence-corrected chi connectivity index (χ4v) is 6.57. The molecule has 0 amide bonds. The van der Waals surface area contributed by atoms with Crippen molar-refractivity contribution in [3.05, 3.63) is 46.3 Å². The van der Waals surface area contributed by atoms with Crippen LogP contribution in [0.3, 0.4) is 0 Å². The lowest BCUT2D eigenvalue weighted by Gasteiger charge is -2.48. The topological polar surface area (TPSA) is 63.0 Å². The third kappa shape index (κ3) is 3.62. The molecule has 1 aromatic carbocycles. The van der Waals surface area contributed by atoms with Crippen molar-refractivity contribution in [3.8, 4) is 5.75 Å². The zero-order valence-electron chi connectivity index (χ0n) is 20.0. The second-order valence-electron chi connectivity index (χ2n) is 10.8. The van der Waals surface area contributed by atoms with Crippen LogP contribution in [-0.2, 0) is 27.4 Å². The van der Waals surface area contributed by atoms with Gasteiger partial charge >= 0.3 is 0 Å². The van der Waals surface area contributed by atoms with E-state index in [1.54, 1.807) is 0 Å². The summed E-state index contributed by atoms with van der Waals surface area (Å²) in [6.45, 7) is 8.84. The Hall–Kier alpha value is -1.89. The first-order chi connectivity index (χ1) is 16.0. The largest absolute Gasteiger partial charge is 0.487 e. The Kier molecular flexibility index (Phi) is 5.31. The van der Waals surface area contributed by atoms with Crippen molar-refractivity contribution >= 4 is 0 Å². The zero-order chi connectivity index (χ0) is 22.6. The van der Waals surface area contributed by atoms with Crippen molar-refractivity contribution in [2.75, 3.05) is 13.2 Å². The molecule has 1 aliphatic heterocycles. The summed E-state index contributed by atoms with van der Waals surface area (Å²) in [5.41, 5.74) is 4.25. The van der Waals surface area contributed by atoms with Crippen LogP contribution in [0.5, 0.6) is 5.75 Å². The summed E-state index contributed by atoms with van der Waals surface area (Å²) in [6.07, 6.45) is 6.81. The molecule has 0 radical (unpaired) electrons. The second-order valence-corrected chi connectivity index (χ2v) is 10.8. The molecule has 3 unspecified atom stereocenters. The minimum absolute atomic E-state index is 0.0271. The zero-order valence-corrected chi connectivity index (χ0v) is 20.0. The Morgan fingerprint density at radius 1 is 1.06 bits per heavy atom. The van der Waals surface area contributed by atoms with E-state index in [1.807, 2.05) is 0 Å². The Bertz CT molecular complexity index is 1000. The Morgan fingerprint density at radius 3 is 2.52 bits per heavy atom. The van der Waals surface area contributed by atoms with Crippen LogP contribution in [0.1, 0.15) is 79.5 Å². The number of ether oxygens (including phenoxy) is 4. The molecule has 2 heterocycles. The first kappa shape index (κ1) is 21.6. The van der Waals surface area contributed by atoms with E-state index >= 15 is 0 Å². The van der Waals surface area contributed by atoms with E-state index in [4.69, 9.17) is 23.5 Å². The van der Waals surface area contributed by atoms with Gasteiger partial charge in [0.2, 0.25) is 0 Å². The molecule has 33 heavy (non-hydrogen) atoms. The summed E-state index contributed by atoms with van der Waals surface area (Å²) in [4.78, 5) is 0. The molecule has 4 fully saturated rings. The highest BCUT2D eigenvalue weighted by molar-refractivity contribution is 5.40. The number of hydrogen-bond donors (Lipinski definition) is 0. The third-order valence-electron chi connectivity index (χ3n) is 8.44. The molecule has 1 saturated heterocycles. The van der Waals surface area contributed by atoms with Crippen molar-refractivity contribution in [3.63, 3.8) is 0 Å². The van der Waals surface area contributed by atoms with Gasteiger partial charge < -0.3 is 23.5 Å². The van der Waals surface area contributed by atoms with Gasteiger partial charge in [-0.05, 0) is 63.5 Å². The lowest BCUT2D eigenvalue weighted by Crippen LogP contribution is -2.53. The molecule has 3 saturated carbocycles. The van der Waals surface area contributed by atoms with Crippen LogP contribution in [0.25, 0.3) is 0 Å². The van der Waals surface area contributed by atoms with Gasteiger partial charge in [-0.25, -0.2) is 0 Å². The van der Waals surface area contributed by atoms with Gasteiger partial charge in [-0.15, -0.1) is 0 Å². The van der Waals surface area contributed by atoms with Crippen molar-refractivity contribution in [2.24, 2.45) is 11.3 Å². The number of aromatic nitrogens is 1. The molecule has 0 N–H and O–H groups in total. The van der Waals surface area contributed by atoms with Crippen LogP contribution in [0.2, 0.25) is 0 Å². The second kappa shape index (κ2) is 8.10. The van der Waals surface area contributed by atoms with Crippen LogP contribution in [0, 0.1) is 25.2 Å². The summed E-state index contributed by atoms with van der Waals surface area (Å²) in [5, 5.41) is 4.41. The number of hydrogen-bond acceptors (Lipinski definition) is 6. The maximum atomic E-state index is 6.57. The van der Waals surface area contributed by atoms with E-state index in [1.165, 1.54) is 12.8 Å². The monoisotopic (exact) mass is 453 g/mol. The molecule has 2 aromatic rings. The normalized spacial score (nSPS) is 30.3. The first-order valence-electron chi connectivity index (χ1n) is 12.5. The Morgan fingerprint density at radius 2 is 1.82 bits per heavy atom. The number of rotatable bonds is 7. The molecule has 3 aliphatic carbocycles. The van der Waals surface area contributed by atoms with Gasteiger partial charge in [-0.1, -0.05) is 30.3 Å². The average Bonchev–Trinajstić information content (AvgIpc) is 3.33. The molecule has 2 bridgehead atoms. The van der Waals surface area contributed by atoms with E-state index < -0.39 is 0 Å². The van der Waals surface area contributed by atoms with Gasteiger partial charge in [0, 0.05) is 22.8 Å². The number of aryl methyl sites for hydroxylation is 2. The molecule has 178 valence electrons. The van der Waals surface area contributed by atoms with Crippen molar-refractivity contribution < 1.29 is 23.5 Å². The summed E-state index contributed by atoms with van der Waals surface area (Å²) in [7, 11) is 0. The average molecular weight is 454 g/mol. The van der Waals surface area contributed by atoms with E-state index in [0.717, 1.165) is 59.6 Å². The summed E-state index contributed by atoms with van der Waals surface area (Å²) in [5.74, 6) is 2.45. The van der Waals surface area contributed by atoms with E-state index in [2.05, 4.69) is 44.1 Å². The quantitative estimate of drug-likeness (QED) is 0.545. The highest BCUT2D eigenvalue weighted by Gasteiger charge is 2.65. The molecule has 6 heteroatoms. The van der Waals surface area contributed by atoms with Crippen LogP contribution >= 0.6 is 0 Å². The predicted octanol–water partition coefficient (Wildman–Crippen LogP) is 5.59. The highest BCUT2D eigenvalue weighted by Crippen LogP contribution is 2.62. The van der Waals surface area contributed by atoms with Crippen LogP contribution in [-0.4, -0.2) is 30.3 Å². The van der Waals surface area contributed by atoms with E-state index in [-0.39, 0.29) is 17.3 Å². The highest BCUT2D eigenvalue weighted by atomic mass is 16.7. The van der Waals surface area contributed by atoms with Gasteiger partial charge in [-0.3, -0.25) is 0 Å². The first-order valence-corrected chi connectivity index (χ1v) is 12.5. The molecule has 4 aliphatic rings. The Balaban J connectivity index is 1.16. The molecule has 1 spiro atoms. The lowest BCUT2D eigenvalue weighted by atomic mass is 9.70. The summed E-state index contributed by atoms with van der Waals surface area (Å²) >= 11 is 0. The van der Waals surface area contributed by atoms with Crippen molar-refractivity contribution in [2.45, 2.75) is 90.3 Å². The molecule has 1 aromatic heterocycles. The van der Waals surface area contributed by atoms with Gasteiger partial charge in [-0.2, -0.15) is 0 Å². The third-order valence-corrected chi connectivity index (χ3v) is 8.44. The van der Waals surface area contributed by atoms with Gasteiger partial charge in [0.15, 0.2) is 5.79 Å². The van der Waals surface area contributed by atoms with Gasteiger partial charge in [0.1, 0.15) is 23.8 Å². The molecular weight excluding hydrogens is 418 g/mol. The van der Waals surface area contributed by atoms with Crippen LogP contribution in [0.4, 0.5) is 0 Å². The minimum Gasteiger partial charge on any atom is -0.487 e. The van der Waals surface area contributed by atoms with Crippen molar-refractivity contribution in [1.82, 2.24) is 5.16 Å². The van der Waals surface area contributed by atoms with Crippen LogP contribution < -0.4 is 4.74 Å². The van der Waals surface area contributed by atoms with E-state index in [0.29, 0.717) is 38.3 Å². The van der Waals surface area contributed by atoms with Gasteiger partial charge in [0.25, 0.3) is 0 Å². The maximum Gasteiger partial charge on any atom is 0.176 e. The Labute approximate surface area is 195 Å². The molecule has 6 rings (SSSR count). The standard InChI is InChI=1S/C27H35NO5/c1-17-5-4-6-18(2)24(17)30-16-23-22(25(33-28-23)19-7-8-19)15-29-21-13-20-9-10-26(3,14-21)27(20)31-11-12-32-27/h4-6,19-21H,7-16H2,1-3H3. The molecular formula is C27H35NO5. The summed E-state index contributed by atoms with van der Waals surface area (Å²) in [6, 6.07) is 6.21. The van der Waals surface area contributed by atoms with Gasteiger partial charge in [0.05, 0.1) is 25.9 Å². The molecule has 3 atom stereocenters.